The van der Waals surface area contributed by atoms with Crippen molar-refractivity contribution in [3.63, 3.8) is 0 Å². The summed E-state index contributed by atoms with van der Waals surface area (Å²) in [6.45, 7) is 2.01. The van der Waals surface area contributed by atoms with Crippen LogP contribution in [0.3, 0.4) is 0 Å². The van der Waals surface area contributed by atoms with Crippen LogP contribution in [0.2, 0.25) is 0 Å². The zero-order valence-electron chi connectivity index (χ0n) is 9.43. The Hall–Kier alpha value is -0.570. The second-order valence-electron chi connectivity index (χ2n) is 4.85. The van der Waals surface area contributed by atoms with E-state index in [9.17, 15) is 4.79 Å². The molecule has 0 unspecified atom stereocenters. The van der Waals surface area contributed by atoms with Crippen LogP contribution in [0.15, 0.2) is 0 Å². The van der Waals surface area contributed by atoms with Gasteiger partial charge in [-0.05, 0) is 38.6 Å². The number of hydrogen-bond donors (Lipinski definition) is 2. The summed E-state index contributed by atoms with van der Waals surface area (Å²) in [5.74, 6) is 0.618. The number of carbonyl (C=O) groups excluding carboxylic acids is 1. The van der Waals surface area contributed by atoms with E-state index in [0.29, 0.717) is 17.9 Å². The molecule has 15 heavy (non-hydrogen) atoms. The van der Waals surface area contributed by atoms with Crippen LogP contribution < -0.4 is 10.6 Å². The molecule has 1 saturated heterocycles. The maximum absolute atomic E-state index is 11.7. The van der Waals surface area contributed by atoms with E-state index < -0.39 is 0 Å². The topological polar surface area (TPSA) is 41.1 Å². The van der Waals surface area contributed by atoms with Gasteiger partial charge in [0.05, 0.1) is 0 Å². The number of amides is 1. The first-order valence-electron chi connectivity index (χ1n) is 6.37. The molecule has 0 aromatic carbocycles. The fourth-order valence-electron chi connectivity index (χ4n) is 2.71. The lowest BCUT2D eigenvalue weighted by molar-refractivity contribution is -0.124. The second kappa shape index (κ2) is 5.50. The summed E-state index contributed by atoms with van der Waals surface area (Å²) >= 11 is 0. The molecule has 2 aliphatic rings. The lowest BCUT2D eigenvalue weighted by Crippen LogP contribution is -2.33. The molecule has 3 nitrogen and oxygen atoms in total. The van der Waals surface area contributed by atoms with Gasteiger partial charge in [0, 0.05) is 18.5 Å². The Labute approximate surface area is 92.0 Å². The van der Waals surface area contributed by atoms with Gasteiger partial charge in [0.2, 0.25) is 5.91 Å². The summed E-state index contributed by atoms with van der Waals surface area (Å²) < 4.78 is 0. The summed E-state index contributed by atoms with van der Waals surface area (Å²) in [6, 6.07) is 0.647. The van der Waals surface area contributed by atoms with Crippen molar-refractivity contribution in [3.8, 4) is 0 Å². The van der Waals surface area contributed by atoms with Crippen molar-refractivity contribution in [2.24, 2.45) is 5.92 Å². The summed E-state index contributed by atoms with van der Waals surface area (Å²) in [6.07, 6.45) is 8.35. The van der Waals surface area contributed by atoms with Crippen LogP contribution in [0.1, 0.15) is 44.9 Å². The van der Waals surface area contributed by atoms with Gasteiger partial charge in [-0.2, -0.15) is 0 Å². The maximum Gasteiger partial charge on any atom is 0.223 e. The van der Waals surface area contributed by atoms with Crippen LogP contribution in [-0.4, -0.2) is 25.0 Å². The fraction of sp³-hybridized carbons (Fsp3) is 0.917. The monoisotopic (exact) mass is 210 g/mol. The second-order valence-corrected chi connectivity index (χ2v) is 4.85. The van der Waals surface area contributed by atoms with Crippen LogP contribution in [-0.2, 0) is 4.79 Å². The summed E-state index contributed by atoms with van der Waals surface area (Å²) in [5, 5.41) is 6.52. The minimum atomic E-state index is 0.297. The highest BCUT2D eigenvalue weighted by Gasteiger charge is 2.22. The Balaban J connectivity index is 1.58. The zero-order chi connectivity index (χ0) is 10.5. The minimum Gasteiger partial charge on any atom is -0.356 e. The average molecular weight is 210 g/mol. The van der Waals surface area contributed by atoms with E-state index in [0.717, 1.165) is 32.4 Å². The summed E-state index contributed by atoms with van der Waals surface area (Å²) in [4.78, 5) is 11.7. The molecule has 0 spiro atoms. The number of carbonyl (C=O) groups is 1. The Bertz CT molecular complexity index is 206. The van der Waals surface area contributed by atoms with Crippen molar-refractivity contribution in [2.45, 2.75) is 51.0 Å². The molecule has 1 heterocycles. The minimum absolute atomic E-state index is 0.297. The third kappa shape index (κ3) is 3.20. The van der Waals surface area contributed by atoms with Crippen LogP contribution in [0.5, 0.6) is 0 Å². The molecule has 2 rings (SSSR count). The van der Waals surface area contributed by atoms with Gasteiger partial charge in [0.25, 0.3) is 0 Å². The first-order valence-corrected chi connectivity index (χ1v) is 6.37. The van der Waals surface area contributed by atoms with E-state index in [1.54, 1.807) is 0 Å². The van der Waals surface area contributed by atoms with E-state index in [4.69, 9.17) is 0 Å². The Kier molecular flexibility index (Phi) is 4.01. The van der Waals surface area contributed by atoms with Crippen LogP contribution >= 0.6 is 0 Å². The molecule has 3 heteroatoms. The quantitative estimate of drug-likeness (QED) is 0.737. The molecule has 86 valence electrons. The number of nitrogens with one attached hydrogen (secondary N) is 2. The van der Waals surface area contributed by atoms with Gasteiger partial charge in [-0.25, -0.2) is 0 Å². The number of rotatable bonds is 4. The van der Waals surface area contributed by atoms with Crippen molar-refractivity contribution in [1.82, 2.24) is 10.6 Å². The highest BCUT2D eigenvalue weighted by molar-refractivity contribution is 5.78. The van der Waals surface area contributed by atoms with Crippen molar-refractivity contribution >= 4 is 5.91 Å². The Morgan fingerprint density at radius 3 is 2.67 bits per heavy atom. The largest absolute Gasteiger partial charge is 0.356 e. The van der Waals surface area contributed by atoms with E-state index in [-0.39, 0.29) is 0 Å². The van der Waals surface area contributed by atoms with Gasteiger partial charge in [-0.15, -0.1) is 0 Å². The molecular formula is C12H22N2O. The third-order valence-electron chi connectivity index (χ3n) is 3.68. The smallest absolute Gasteiger partial charge is 0.223 e. The van der Waals surface area contributed by atoms with Crippen LogP contribution in [0.4, 0.5) is 0 Å². The normalized spacial score (nSPS) is 27.1. The zero-order valence-corrected chi connectivity index (χ0v) is 9.43. The molecule has 0 radical (unpaired) electrons. The highest BCUT2D eigenvalue weighted by atomic mass is 16.1. The highest BCUT2D eigenvalue weighted by Crippen LogP contribution is 2.24. The Morgan fingerprint density at radius 1 is 1.20 bits per heavy atom. The van der Waals surface area contributed by atoms with Gasteiger partial charge in [-0.1, -0.05) is 12.8 Å². The van der Waals surface area contributed by atoms with Crippen molar-refractivity contribution in [2.75, 3.05) is 13.1 Å². The number of hydrogen-bond acceptors (Lipinski definition) is 2. The van der Waals surface area contributed by atoms with E-state index in [1.807, 2.05) is 0 Å². The molecule has 1 aliphatic heterocycles. The van der Waals surface area contributed by atoms with Crippen molar-refractivity contribution < 1.29 is 4.79 Å². The van der Waals surface area contributed by atoms with Crippen molar-refractivity contribution in [1.29, 1.82) is 0 Å². The molecule has 0 bridgehead atoms. The first kappa shape index (κ1) is 10.9. The molecule has 0 aromatic rings. The molecule has 2 N–H and O–H groups in total. The van der Waals surface area contributed by atoms with Gasteiger partial charge >= 0.3 is 0 Å². The Morgan fingerprint density at radius 2 is 2.00 bits per heavy atom. The predicted octanol–water partition coefficient (Wildman–Crippen LogP) is 1.43. The lowest BCUT2D eigenvalue weighted by Gasteiger charge is -2.13. The van der Waals surface area contributed by atoms with E-state index in [1.165, 1.54) is 25.7 Å². The van der Waals surface area contributed by atoms with Crippen LogP contribution in [0, 0.1) is 5.92 Å². The molecular weight excluding hydrogens is 188 g/mol. The molecule has 0 aromatic heterocycles. The van der Waals surface area contributed by atoms with Gasteiger partial charge in [-0.3, -0.25) is 4.79 Å². The maximum atomic E-state index is 11.7. The predicted molar refractivity (Wildman–Crippen MR) is 60.6 cm³/mol. The van der Waals surface area contributed by atoms with Crippen LogP contribution in [0.25, 0.3) is 0 Å². The van der Waals surface area contributed by atoms with Crippen molar-refractivity contribution in [3.05, 3.63) is 0 Å². The molecule has 1 amide bonds. The molecule has 1 aliphatic carbocycles. The van der Waals surface area contributed by atoms with E-state index >= 15 is 0 Å². The first-order chi connectivity index (χ1) is 7.36. The SMILES string of the molecule is O=C(NCC[C@H]1CCCN1)C1CCCC1. The lowest BCUT2D eigenvalue weighted by atomic mass is 10.1. The summed E-state index contributed by atoms with van der Waals surface area (Å²) in [7, 11) is 0. The third-order valence-corrected chi connectivity index (χ3v) is 3.68. The average Bonchev–Trinajstić information content (AvgIpc) is 2.90. The van der Waals surface area contributed by atoms with E-state index in [2.05, 4.69) is 10.6 Å². The molecule has 1 atom stereocenters. The summed E-state index contributed by atoms with van der Waals surface area (Å²) in [5.41, 5.74) is 0. The standard InChI is InChI=1S/C12H22N2O/c15-12(10-4-1-2-5-10)14-9-7-11-6-3-8-13-11/h10-11,13H,1-9H2,(H,14,15)/t11-/m1/s1. The molecule has 2 fully saturated rings. The van der Waals surface area contributed by atoms with Gasteiger partial charge in [0.1, 0.15) is 0 Å². The molecule has 1 saturated carbocycles. The van der Waals surface area contributed by atoms with Gasteiger partial charge < -0.3 is 10.6 Å². The fourth-order valence-corrected chi connectivity index (χ4v) is 2.71. The van der Waals surface area contributed by atoms with Gasteiger partial charge in [0.15, 0.2) is 0 Å².